The molecule has 5 nitrogen and oxygen atoms in total. The maximum absolute atomic E-state index is 11.3. The Morgan fingerprint density at radius 2 is 1.95 bits per heavy atom. The summed E-state index contributed by atoms with van der Waals surface area (Å²) < 4.78 is 1.84. The van der Waals surface area contributed by atoms with Crippen molar-refractivity contribution in [2.24, 2.45) is 0 Å². The van der Waals surface area contributed by atoms with Crippen LogP contribution in [0.25, 0.3) is 5.69 Å². The molecule has 110 valence electrons. The van der Waals surface area contributed by atoms with Gasteiger partial charge >= 0.3 is 0 Å². The van der Waals surface area contributed by atoms with E-state index in [1.165, 1.54) is 0 Å². The highest BCUT2D eigenvalue weighted by molar-refractivity contribution is 5.73. The van der Waals surface area contributed by atoms with E-state index in [0.29, 0.717) is 6.04 Å². The van der Waals surface area contributed by atoms with Crippen molar-refractivity contribution in [1.82, 2.24) is 14.7 Å². The molecule has 1 fully saturated rings. The number of hydrogen-bond donors (Lipinski definition) is 1. The number of nitrogens with zero attached hydrogens (tertiary/aromatic N) is 3. The summed E-state index contributed by atoms with van der Waals surface area (Å²) in [4.78, 5) is 13.2. The summed E-state index contributed by atoms with van der Waals surface area (Å²) in [6, 6.07) is 10.6. The van der Waals surface area contributed by atoms with Crippen molar-refractivity contribution in [3.8, 4) is 5.69 Å². The Morgan fingerprint density at radius 3 is 2.52 bits per heavy atom. The van der Waals surface area contributed by atoms with Gasteiger partial charge in [0, 0.05) is 44.1 Å². The number of rotatable bonds is 3. The predicted molar refractivity (Wildman–Crippen MR) is 82.5 cm³/mol. The second kappa shape index (κ2) is 5.99. The van der Waals surface area contributed by atoms with E-state index in [0.717, 1.165) is 37.3 Å². The number of anilines is 1. The molecule has 3 rings (SSSR count). The molecule has 1 saturated heterocycles. The van der Waals surface area contributed by atoms with Gasteiger partial charge in [0.1, 0.15) is 0 Å². The highest BCUT2D eigenvalue weighted by atomic mass is 16.2. The second-order valence-corrected chi connectivity index (χ2v) is 5.42. The summed E-state index contributed by atoms with van der Waals surface area (Å²) >= 11 is 0. The molecule has 0 unspecified atom stereocenters. The van der Waals surface area contributed by atoms with Gasteiger partial charge in [-0.3, -0.25) is 4.79 Å². The molecule has 0 aliphatic carbocycles. The van der Waals surface area contributed by atoms with Crippen molar-refractivity contribution in [1.29, 1.82) is 0 Å². The van der Waals surface area contributed by atoms with E-state index >= 15 is 0 Å². The van der Waals surface area contributed by atoms with E-state index in [2.05, 4.69) is 34.7 Å². The lowest BCUT2D eigenvalue weighted by atomic mass is 10.0. The smallest absolute Gasteiger partial charge is 0.219 e. The molecule has 0 saturated carbocycles. The number of carbonyl (C=O) groups excluding carboxylic acids is 1. The standard InChI is InChI=1S/C16H20N4O/c1-13(21)19-11-7-15(8-12-19)18-14-3-5-16(6-4-14)20-10-2-9-17-20/h2-6,9-10,15,18H,7-8,11-12H2,1H3. The number of amides is 1. The van der Waals surface area contributed by atoms with Gasteiger partial charge in [-0.15, -0.1) is 0 Å². The van der Waals surface area contributed by atoms with Gasteiger partial charge in [-0.1, -0.05) is 0 Å². The zero-order valence-electron chi connectivity index (χ0n) is 12.2. The second-order valence-electron chi connectivity index (χ2n) is 5.42. The Bertz CT molecular complexity index is 583. The van der Waals surface area contributed by atoms with Crippen LogP contribution in [0.1, 0.15) is 19.8 Å². The first kappa shape index (κ1) is 13.7. The van der Waals surface area contributed by atoms with Gasteiger partial charge in [-0.25, -0.2) is 4.68 Å². The average molecular weight is 284 g/mol. The summed E-state index contributed by atoms with van der Waals surface area (Å²) in [6.45, 7) is 3.33. The van der Waals surface area contributed by atoms with Crippen LogP contribution >= 0.6 is 0 Å². The molecule has 1 aromatic heterocycles. The fourth-order valence-corrected chi connectivity index (χ4v) is 2.71. The fourth-order valence-electron chi connectivity index (χ4n) is 2.71. The van der Waals surface area contributed by atoms with Crippen molar-refractivity contribution in [2.75, 3.05) is 18.4 Å². The van der Waals surface area contributed by atoms with Gasteiger partial charge < -0.3 is 10.2 Å². The minimum Gasteiger partial charge on any atom is -0.382 e. The van der Waals surface area contributed by atoms with Crippen LogP contribution in [0, 0.1) is 0 Å². The van der Waals surface area contributed by atoms with Crippen molar-refractivity contribution in [3.05, 3.63) is 42.7 Å². The van der Waals surface area contributed by atoms with Crippen LogP contribution < -0.4 is 5.32 Å². The first-order chi connectivity index (χ1) is 10.2. The zero-order valence-corrected chi connectivity index (χ0v) is 12.2. The number of hydrogen-bond acceptors (Lipinski definition) is 3. The average Bonchev–Trinajstić information content (AvgIpc) is 3.03. The molecular weight excluding hydrogens is 264 g/mol. The van der Waals surface area contributed by atoms with E-state index in [-0.39, 0.29) is 5.91 Å². The molecule has 0 spiro atoms. The summed E-state index contributed by atoms with van der Waals surface area (Å²) in [5, 5.41) is 7.76. The first-order valence-electron chi connectivity index (χ1n) is 7.34. The largest absolute Gasteiger partial charge is 0.382 e. The molecular formula is C16H20N4O. The summed E-state index contributed by atoms with van der Waals surface area (Å²) in [5.74, 6) is 0.178. The van der Waals surface area contributed by atoms with Crippen LogP contribution in [0.4, 0.5) is 5.69 Å². The van der Waals surface area contributed by atoms with Gasteiger partial charge in [0.15, 0.2) is 0 Å². The first-order valence-corrected chi connectivity index (χ1v) is 7.34. The Morgan fingerprint density at radius 1 is 1.24 bits per heavy atom. The molecule has 5 heteroatoms. The summed E-state index contributed by atoms with van der Waals surface area (Å²) in [5.41, 5.74) is 2.17. The Kier molecular flexibility index (Phi) is 3.90. The molecule has 1 aliphatic heterocycles. The lowest BCUT2D eigenvalue weighted by molar-refractivity contribution is -0.129. The predicted octanol–water partition coefficient (Wildman–Crippen LogP) is 2.30. The number of benzene rings is 1. The van der Waals surface area contributed by atoms with Gasteiger partial charge in [0.05, 0.1) is 5.69 Å². The molecule has 2 heterocycles. The third kappa shape index (κ3) is 3.24. The lowest BCUT2D eigenvalue weighted by Gasteiger charge is -2.32. The van der Waals surface area contributed by atoms with Crippen molar-refractivity contribution < 1.29 is 4.79 Å². The van der Waals surface area contributed by atoms with Crippen LogP contribution in [0.3, 0.4) is 0 Å². The number of likely N-dealkylation sites (tertiary alicyclic amines) is 1. The molecule has 0 atom stereocenters. The number of nitrogens with one attached hydrogen (secondary N) is 1. The summed E-state index contributed by atoms with van der Waals surface area (Å²) in [6.07, 6.45) is 5.70. The highest BCUT2D eigenvalue weighted by Crippen LogP contribution is 2.18. The normalized spacial score (nSPS) is 16.0. The molecule has 1 aliphatic rings. The molecule has 21 heavy (non-hydrogen) atoms. The lowest BCUT2D eigenvalue weighted by Crippen LogP contribution is -2.41. The maximum atomic E-state index is 11.3. The van der Waals surface area contributed by atoms with Crippen LogP contribution in [-0.4, -0.2) is 39.7 Å². The third-order valence-corrected chi connectivity index (χ3v) is 3.95. The maximum Gasteiger partial charge on any atom is 0.219 e. The van der Waals surface area contributed by atoms with Crippen LogP contribution in [0.15, 0.2) is 42.7 Å². The number of carbonyl (C=O) groups is 1. The SMILES string of the molecule is CC(=O)N1CCC(Nc2ccc(-n3cccn3)cc2)CC1. The molecule has 0 radical (unpaired) electrons. The van der Waals surface area contributed by atoms with Gasteiger partial charge in [-0.2, -0.15) is 5.10 Å². The Hall–Kier alpha value is -2.30. The van der Waals surface area contributed by atoms with E-state index in [1.807, 2.05) is 21.8 Å². The summed E-state index contributed by atoms with van der Waals surface area (Å²) in [7, 11) is 0. The molecule has 0 bridgehead atoms. The van der Waals surface area contributed by atoms with E-state index < -0.39 is 0 Å². The molecule has 1 N–H and O–H groups in total. The number of piperidine rings is 1. The van der Waals surface area contributed by atoms with Gasteiger partial charge in [0.2, 0.25) is 5.91 Å². The van der Waals surface area contributed by atoms with Gasteiger partial charge in [-0.05, 0) is 43.2 Å². The topological polar surface area (TPSA) is 50.2 Å². The van der Waals surface area contributed by atoms with Crippen LogP contribution in [-0.2, 0) is 4.79 Å². The molecule has 2 aromatic rings. The molecule has 1 aromatic carbocycles. The van der Waals surface area contributed by atoms with Crippen molar-refractivity contribution >= 4 is 11.6 Å². The van der Waals surface area contributed by atoms with Gasteiger partial charge in [0.25, 0.3) is 0 Å². The van der Waals surface area contributed by atoms with Crippen molar-refractivity contribution in [2.45, 2.75) is 25.8 Å². The van der Waals surface area contributed by atoms with Crippen LogP contribution in [0.5, 0.6) is 0 Å². The Balaban J connectivity index is 1.58. The molecule has 1 amide bonds. The minimum atomic E-state index is 0.178. The fraction of sp³-hybridized carbons (Fsp3) is 0.375. The third-order valence-electron chi connectivity index (χ3n) is 3.95. The Labute approximate surface area is 124 Å². The van der Waals surface area contributed by atoms with Crippen LogP contribution in [0.2, 0.25) is 0 Å². The number of aromatic nitrogens is 2. The minimum absolute atomic E-state index is 0.178. The quantitative estimate of drug-likeness (QED) is 0.941. The van der Waals surface area contributed by atoms with Crippen molar-refractivity contribution in [3.63, 3.8) is 0 Å². The highest BCUT2D eigenvalue weighted by Gasteiger charge is 2.20. The monoisotopic (exact) mass is 284 g/mol. The van der Waals surface area contributed by atoms with E-state index in [1.54, 1.807) is 13.1 Å². The zero-order chi connectivity index (χ0) is 14.7. The van der Waals surface area contributed by atoms with E-state index in [4.69, 9.17) is 0 Å². The van der Waals surface area contributed by atoms with E-state index in [9.17, 15) is 4.79 Å².